The van der Waals surface area contributed by atoms with Crippen LogP contribution >= 0.6 is 12.2 Å². The van der Waals surface area contributed by atoms with Crippen molar-refractivity contribution in [2.75, 3.05) is 11.9 Å². The summed E-state index contributed by atoms with van der Waals surface area (Å²) in [5.41, 5.74) is 1.43. The Labute approximate surface area is 168 Å². The fourth-order valence-electron chi connectivity index (χ4n) is 3.21. The molecule has 0 radical (unpaired) electrons. The minimum Gasteiger partial charge on any atom is -0.360 e. The Morgan fingerprint density at radius 3 is 2.71 bits per heavy atom. The number of nitrogens with one attached hydrogen (secondary N) is 2. The average molecular weight is 402 g/mol. The van der Waals surface area contributed by atoms with Crippen molar-refractivity contribution in [3.63, 3.8) is 0 Å². The SMILES string of the molecule is CC1=C(C(=O)Nc2cc(C)on2)C(c2ccccc2F)NC(=S)N1CC(C)C. The first-order chi connectivity index (χ1) is 13.3. The van der Waals surface area contributed by atoms with Gasteiger partial charge in [-0.1, -0.05) is 37.2 Å². The van der Waals surface area contributed by atoms with E-state index in [0.29, 0.717) is 46.0 Å². The lowest BCUT2D eigenvalue weighted by Crippen LogP contribution is -2.49. The Balaban J connectivity index is 2.05. The summed E-state index contributed by atoms with van der Waals surface area (Å²) in [6, 6.07) is 7.28. The van der Waals surface area contributed by atoms with E-state index >= 15 is 0 Å². The topological polar surface area (TPSA) is 70.4 Å². The molecule has 0 fully saturated rings. The summed E-state index contributed by atoms with van der Waals surface area (Å²) in [6.45, 7) is 8.33. The van der Waals surface area contributed by atoms with Crippen LogP contribution in [-0.2, 0) is 4.79 Å². The molecule has 8 heteroatoms. The molecule has 6 nitrogen and oxygen atoms in total. The summed E-state index contributed by atoms with van der Waals surface area (Å²) in [4.78, 5) is 15.0. The van der Waals surface area contributed by atoms with Gasteiger partial charge in [-0.05, 0) is 38.0 Å². The van der Waals surface area contributed by atoms with Gasteiger partial charge >= 0.3 is 0 Å². The molecule has 2 aromatic rings. The van der Waals surface area contributed by atoms with Gasteiger partial charge < -0.3 is 20.1 Å². The molecule has 0 aliphatic carbocycles. The number of carbonyl (C=O) groups is 1. The van der Waals surface area contributed by atoms with Crippen LogP contribution in [0.5, 0.6) is 0 Å². The van der Waals surface area contributed by atoms with Crippen LogP contribution in [0.1, 0.15) is 38.1 Å². The zero-order valence-electron chi connectivity index (χ0n) is 16.2. The summed E-state index contributed by atoms with van der Waals surface area (Å²) in [5, 5.41) is 10.1. The molecule has 3 rings (SSSR count). The Kier molecular flexibility index (Phi) is 5.79. The van der Waals surface area contributed by atoms with Gasteiger partial charge in [0.05, 0.1) is 11.6 Å². The number of amides is 1. The number of thiocarbonyl (C=S) groups is 1. The van der Waals surface area contributed by atoms with Crippen LogP contribution in [0.3, 0.4) is 0 Å². The molecule has 0 saturated heterocycles. The van der Waals surface area contributed by atoms with Gasteiger partial charge in [0.25, 0.3) is 5.91 Å². The number of allylic oxidation sites excluding steroid dienone is 1. The van der Waals surface area contributed by atoms with Crippen molar-refractivity contribution in [3.05, 3.63) is 58.7 Å². The molecule has 1 amide bonds. The molecule has 0 saturated carbocycles. The van der Waals surface area contributed by atoms with E-state index in [0.717, 1.165) is 0 Å². The molecule has 1 aromatic carbocycles. The maximum absolute atomic E-state index is 14.5. The average Bonchev–Trinajstić information content (AvgIpc) is 3.03. The Hall–Kier alpha value is -2.74. The van der Waals surface area contributed by atoms with Gasteiger partial charge in [-0.3, -0.25) is 4.79 Å². The minimum absolute atomic E-state index is 0.304. The first kappa shape index (κ1) is 20.0. The predicted molar refractivity (Wildman–Crippen MR) is 109 cm³/mol. The second kappa shape index (κ2) is 8.10. The number of aryl methyl sites for hydroxylation is 1. The van der Waals surface area contributed by atoms with E-state index in [1.165, 1.54) is 6.07 Å². The largest absolute Gasteiger partial charge is 0.360 e. The molecule has 1 aliphatic rings. The molecule has 1 unspecified atom stereocenters. The van der Waals surface area contributed by atoms with Gasteiger partial charge in [0.1, 0.15) is 11.6 Å². The van der Waals surface area contributed by atoms with Gasteiger partial charge in [0, 0.05) is 23.9 Å². The van der Waals surface area contributed by atoms with Gasteiger partial charge in [0.2, 0.25) is 0 Å². The van der Waals surface area contributed by atoms with Crippen molar-refractivity contribution < 1.29 is 13.7 Å². The number of halogens is 1. The van der Waals surface area contributed by atoms with Crippen LogP contribution in [0.15, 0.2) is 46.1 Å². The summed E-state index contributed by atoms with van der Waals surface area (Å²) < 4.78 is 19.5. The molecule has 1 aromatic heterocycles. The second-order valence-electron chi connectivity index (χ2n) is 7.18. The van der Waals surface area contributed by atoms with Gasteiger partial charge in [0.15, 0.2) is 10.9 Å². The highest BCUT2D eigenvalue weighted by atomic mass is 32.1. The van der Waals surface area contributed by atoms with Crippen LogP contribution in [0, 0.1) is 18.7 Å². The lowest BCUT2D eigenvalue weighted by Gasteiger charge is -2.38. The zero-order valence-corrected chi connectivity index (χ0v) is 17.1. The Morgan fingerprint density at radius 1 is 1.39 bits per heavy atom. The smallest absolute Gasteiger partial charge is 0.257 e. The fourth-order valence-corrected chi connectivity index (χ4v) is 3.54. The van der Waals surface area contributed by atoms with Crippen molar-refractivity contribution in [1.29, 1.82) is 0 Å². The summed E-state index contributed by atoms with van der Waals surface area (Å²) >= 11 is 5.51. The number of anilines is 1. The van der Waals surface area contributed by atoms with Crippen molar-refractivity contribution in [2.24, 2.45) is 5.92 Å². The van der Waals surface area contributed by atoms with Crippen LogP contribution < -0.4 is 10.6 Å². The highest BCUT2D eigenvalue weighted by Gasteiger charge is 2.35. The van der Waals surface area contributed by atoms with Crippen molar-refractivity contribution in [2.45, 2.75) is 33.7 Å². The quantitative estimate of drug-likeness (QED) is 0.739. The maximum atomic E-state index is 14.5. The van der Waals surface area contributed by atoms with Crippen LogP contribution in [0.25, 0.3) is 0 Å². The van der Waals surface area contributed by atoms with Crippen LogP contribution in [0.2, 0.25) is 0 Å². The third kappa shape index (κ3) is 4.06. The molecular formula is C20H23FN4O2S. The number of carbonyl (C=O) groups excluding carboxylic acids is 1. The molecule has 0 spiro atoms. The number of aromatic nitrogens is 1. The lowest BCUT2D eigenvalue weighted by atomic mass is 9.93. The molecule has 1 atom stereocenters. The van der Waals surface area contributed by atoms with E-state index in [1.807, 2.05) is 11.8 Å². The first-order valence-electron chi connectivity index (χ1n) is 9.05. The minimum atomic E-state index is -0.704. The molecular weight excluding hydrogens is 379 g/mol. The maximum Gasteiger partial charge on any atom is 0.257 e. The summed E-state index contributed by atoms with van der Waals surface area (Å²) in [7, 11) is 0. The van der Waals surface area contributed by atoms with Crippen molar-refractivity contribution in [3.8, 4) is 0 Å². The number of hydrogen-bond donors (Lipinski definition) is 2. The van der Waals surface area contributed by atoms with Gasteiger partial charge in [-0.2, -0.15) is 0 Å². The molecule has 148 valence electrons. The molecule has 2 N–H and O–H groups in total. The van der Waals surface area contributed by atoms with E-state index in [9.17, 15) is 9.18 Å². The van der Waals surface area contributed by atoms with Crippen molar-refractivity contribution in [1.82, 2.24) is 15.4 Å². The standard InChI is InChI=1S/C20H23FN4O2S/c1-11(2)10-25-13(4)17(19(26)22-16-9-12(3)27-24-16)18(23-20(25)28)14-7-5-6-8-15(14)21/h5-9,11,18H,10H2,1-4H3,(H,23,28)(H,22,24,26). The summed E-state index contributed by atoms with van der Waals surface area (Å²) in [5.74, 6) is 0.412. The van der Waals surface area contributed by atoms with E-state index in [1.54, 1.807) is 31.2 Å². The van der Waals surface area contributed by atoms with E-state index < -0.39 is 11.9 Å². The Bertz CT molecular complexity index is 938. The number of benzene rings is 1. The molecule has 1 aliphatic heterocycles. The van der Waals surface area contributed by atoms with Crippen LogP contribution in [-0.4, -0.2) is 27.6 Å². The molecule has 2 heterocycles. The van der Waals surface area contributed by atoms with Crippen molar-refractivity contribution >= 4 is 29.1 Å². The van der Waals surface area contributed by atoms with E-state index in [4.69, 9.17) is 16.7 Å². The molecule has 28 heavy (non-hydrogen) atoms. The first-order valence-corrected chi connectivity index (χ1v) is 9.46. The highest BCUT2D eigenvalue weighted by molar-refractivity contribution is 7.80. The third-order valence-electron chi connectivity index (χ3n) is 4.47. The number of hydrogen-bond acceptors (Lipinski definition) is 4. The third-order valence-corrected chi connectivity index (χ3v) is 4.81. The monoisotopic (exact) mass is 402 g/mol. The Morgan fingerprint density at radius 2 is 2.11 bits per heavy atom. The lowest BCUT2D eigenvalue weighted by molar-refractivity contribution is -0.113. The second-order valence-corrected chi connectivity index (χ2v) is 7.57. The normalized spacial score (nSPS) is 17.1. The fraction of sp³-hybridized carbons (Fsp3) is 0.350. The summed E-state index contributed by atoms with van der Waals surface area (Å²) in [6.07, 6.45) is 0. The van der Waals surface area contributed by atoms with Gasteiger partial charge in [-0.15, -0.1) is 0 Å². The van der Waals surface area contributed by atoms with E-state index in [-0.39, 0.29) is 5.91 Å². The predicted octanol–water partition coefficient (Wildman–Crippen LogP) is 3.92. The zero-order chi connectivity index (χ0) is 20.4. The van der Waals surface area contributed by atoms with Crippen LogP contribution in [0.4, 0.5) is 10.2 Å². The highest BCUT2D eigenvalue weighted by Crippen LogP contribution is 2.33. The van der Waals surface area contributed by atoms with Gasteiger partial charge in [-0.25, -0.2) is 4.39 Å². The number of nitrogens with zero attached hydrogens (tertiary/aromatic N) is 2. The molecule has 0 bridgehead atoms. The number of rotatable bonds is 5. The van der Waals surface area contributed by atoms with E-state index in [2.05, 4.69) is 29.6 Å².